The van der Waals surface area contributed by atoms with E-state index < -0.39 is 10.0 Å². The van der Waals surface area contributed by atoms with Gasteiger partial charge in [-0.3, -0.25) is 0 Å². The molecule has 8 heteroatoms. The maximum Gasteiger partial charge on any atom is 0.240 e. The van der Waals surface area contributed by atoms with E-state index in [4.69, 9.17) is 0 Å². The van der Waals surface area contributed by atoms with Crippen molar-refractivity contribution in [1.29, 1.82) is 0 Å². The molecule has 0 aliphatic rings. The molecule has 0 aliphatic heterocycles. The second kappa shape index (κ2) is 7.91. The Morgan fingerprint density at radius 1 is 1.19 bits per heavy atom. The molecule has 7 nitrogen and oxygen atoms in total. The molecule has 0 amide bonds. The van der Waals surface area contributed by atoms with Gasteiger partial charge in [0.2, 0.25) is 10.0 Å². The zero-order valence-electron chi connectivity index (χ0n) is 15.1. The minimum Gasteiger partial charge on any atom is -0.394 e. The largest absolute Gasteiger partial charge is 0.394 e. The maximum absolute atomic E-state index is 12.2. The molecule has 1 heterocycles. The molecular formula is C19H22N4O3S. The van der Waals surface area contributed by atoms with E-state index in [9.17, 15) is 13.5 Å². The first kappa shape index (κ1) is 19.1. The number of anilines is 1. The molecule has 0 saturated heterocycles. The average Bonchev–Trinajstić information content (AvgIpc) is 3.13. The Morgan fingerprint density at radius 3 is 2.52 bits per heavy atom. The Morgan fingerprint density at radius 2 is 1.93 bits per heavy atom. The van der Waals surface area contributed by atoms with Crippen molar-refractivity contribution in [3.8, 4) is 11.3 Å². The first-order valence-corrected chi connectivity index (χ1v) is 9.91. The van der Waals surface area contributed by atoms with Crippen LogP contribution in [0.3, 0.4) is 0 Å². The van der Waals surface area contributed by atoms with Crippen molar-refractivity contribution in [3.63, 3.8) is 0 Å². The van der Waals surface area contributed by atoms with Crippen LogP contribution in [0.5, 0.6) is 0 Å². The molecule has 27 heavy (non-hydrogen) atoms. The molecule has 0 radical (unpaired) electrons. The van der Waals surface area contributed by atoms with Gasteiger partial charge in [0.05, 0.1) is 29.6 Å². The number of aliphatic hydroxyl groups is 1. The van der Waals surface area contributed by atoms with Gasteiger partial charge in [0.25, 0.3) is 0 Å². The second-order valence-electron chi connectivity index (χ2n) is 6.13. The summed E-state index contributed by atoms with van der Waals surface area (Å²) in [5.41, 5.74) is 2.89. The smallest absolute Gasteiger partial charge is 0.240 e. The van der Waals surface area contributed by atoms with Crippen LogP contribution in [0, 0.1) is 0 Å². The van der Waals surface area contributed by atoms with Crippen LogP contribution in [-0.4, -0.2) is 36.7 Å². The van der Waals surface area contributed by atoms with Crippen molar-refractivity contribution in [2.24, 2.45) is 7.05 Å². The fraction of sp³-hybridized carbons (Fsp3) is 0.211. The number of nitrogens with zero attached hydrogens (tertiary/aromatic N) is 2. The van der Waals surface area contributed by atoms with E-state index in [0.717, 1.165) is 5.56 Å². The first-order chi connectivity index (χ1) is 12.9. The zero-order valence-corrected chi connectivity index (χ0v) is 15.9. The summed E-state index contributed by atoms with van der Waals surface area (Å²) < 4.78 is 28.5. The number of aryl methyl sites for hydroxylation is 1. The molecule has 3 rings (SSSR count). The molecule has 2 aromatic carbocycles. The summed E-state index contributed by atoms with van der Waals surface area (Å²) >= 11 is 0. The Kier molecular flexibility index (Phi) is 5.59. The van der Waals surface area contributed by atoms with Gasteiger partial charge in [0, 0.05) is 24.5 Å². The van der Waals surface area contributed by atoms with E-state index in [0.29, 0.717) is 16.9 Å². The summed E-state index contributed by atoms with van der Waals surface area (Å²) in [4.78, 5) is 4.50. The third-order valence-corrected chi connectivity index (χ3v) is 5.68. The van der Waals surface area contributed by atoms with Crippen LogP contribution in [0.25, 0.3) is 11.3 Å². The van der Waals surface area contributed by atoms with Crippen LogP contribution in [0.1, 0.15) is 11.6 Å². The fourth-order valence-corrected chi connectivity index (χ4v) is 3.56. The highest BCUT2D eigenvalue weighted by molar-refractivity contribution is 7.89. The number of aromatic nitrogens is 2. The van der Waals surface area contributed by atoms with Gasteiger partial charge in [-0.05, 0) is 30.8 Å². The number of nitrogens with one attached hydrogen (secondary N) is 2. The van der Waals surface area contributed by atoms with Crippen molar-refractivity contribution in [2.45, 2.75) is 10.9 Å². The normalized spacial score (nSPS) is 12.7. The van der Waals surface area contributed by atoms with Crippen molar-refractivity contribution < 1.29 is 13.5 Å². The van der Waals surface area contributed by atoms with Crippen LogP contribution < -0.4 is 10.0 Å². The molecule has 0 saturated carbocycles. The Hall–Kier alpha value is -2.68. The van der Waals surface area contributed by atoms with Crippen molar-refractivity contribution in [3.05, 3.63) is 66.6 Å². The summed E-state index contributed by atoms with van der Waals surface area (Å²) in [5.74, 6) is 0. The van der Waals surface area contributed by atoms with Gasteiger partial charge in [-0.15, -0.1) is 0 Å². The van der Waals surface area contributed by atoms with Gasteiger partial charge in [-0.2, -0.15) is 0 Å². The minimum absolute atomic E-state index is 0.109. The molecule has 0 aliphatic carbocycles. The highest BCUT2D eigenvalue weighted by Crippen LogP contribution is 2.32. The third kappa shape index (κ3) is 4.19. The molecule has 0 bridgehead atoms. The van der Waals surface area contributed by atoms with Gasteiger partial charge in [-0.25, -0.2) is 18.1 Å². The summed E-state index contributed by atoms with van der Waals surface area (Å²) in [5, 5.41) is 13.1. The van der Waals surface area contributed by atoms with Gasteiger partial charge >= 0.3 is 0 Å². The number of benzene rings is 2. The first-order valence-electron chi connectivity index (χ1n) is 8.43. The number of imidazole rings is 1. The van der Waals surface area contributed by atoms with E-state index >= 15 is 0 Å². The standard InChI is InChI=1S/C19H22N4O3S/c1-20-27(25,26)15-8-9-17(16(10-15)18-11-23(2)13-21-18)22-19(12-24)14-6-4-3-5-7-14/h3-11,13,19-20,22,24H,12H2,1-2H3/t19-/m0/s1. The van der Waals surface area contributed by atoms with Gasteiger partial charge in [-0.1, -0.05) is 30.3 Å². The lowest BCUT2D eigenvalue weighted by Crippen LogP contribution is -2.19. The number of sulfonamides is 1. The van der Waals surface area contributed by atoms with Gasteiger partial charge < -0.3 is 15.0 Å². The van der Waals surface area contributed by atoms with E-state index in [2.05, 4.69) is 15.0 Å². The van der Waals surface area contributed by atoms with Crippen molar-refractivity contribution >= 4 is 15.7 Å². The van der Waals surface area contributed by atoms with Crippen LogP contribution in [0.4, 0.5) is 5.69 Å². The predicted molar refractivity (Wildman–Crippen MR) is 105 cm³/mol. The van der Waals surface area contributed by atoms with Crippen LogP contribution in [0.2, 0.25) is 0 Å². The second-order valence-corrected chi connectivity index (χ2v) is 8.02. The Balaban J connectivity index is 2.06. The number of aliphatic hydroxyl groups excluding tert-OH is 1. The predicted octanol–water partition coefficient (Wildman–Crippen LogP) is 2.14. The molecule has 1 atom stereocenters. The topological polar surface area (TPSA) is 96.3 Å². The molecule has 142 valence electrons. The monoisotopic (exact) mass is 386 g/mol. The van der Waals surface area contributed by atoms with Gasteiger partial charge in [0.15, 0.2) is 0 Å². The molecule has 0 fully saturated rings. The summed E-state index contributed by atoms with van der Waals surface area (Å²) in [6, 6.07) is 14.0. The maximum atomic E-state index is 12.2. The lowest BCUT2D eigenvalue weighted by molar-refractivity contribution is 0.276. The molecule has 1 aromatic heterocycles. The Labute approximate surface area is 158 Å². The molecule has 3 N–H and O–H groups in total. The van der Waals surface area contributed by atoms with Crippen LogP contribution in [-0.2, 0) is 17.1 Å². The fourth-order valence-electron chi connectivity index (χ4n) is 2.81. The average molecular weight is 386 g/mol. The van der Waals surface area contributed by atoms with Crippen molar-refractivity contribution in [2.75, 3.05) is 19.0 Å². The summed E-state index contributed by atoms with van der Waals surface area (Å²) in [6.45, 7) is -0.109. The molecular weight excluding hydrogens is 364 g/mol. The molecule has 0 unspecified atom stereocenters. The summed E-state index contributed by atoms with van der Waals surface area (Å²) in [6.07, 6.45) is 3.46. The highest BCUT2D eigenvalue weighted by atomic mass is 32.2. The minimum atomic E-state index is -3.59. The highest BCUT2D eigenvalue weighted by Gasteiger charge is 2.18. The van der Waals surface area contributed by atoms with E-state index in [1.165, 1.54) is 13.1 Å². The molecule has 0 spiro atoms. The Bertz CT molecular complexity index is 1020. The SMILES string of the molecule is CNS(=O)(=O)c1ccc(N[C@@H](CO)c2ccccc2)c(-c2cn(C)cn2)c1. The summed E-state index contributed by atoms with van der Waals surface area (Å²) in [7, 11) is -0.367. The van der Waals surface area contributed by atoms with Crippen molar-refractivity contribution in [1.82, 2.24) is 14.3 Å². The number of rotatable bonds is 7. The molecule has 3 aromatic rings. The number of hydrogen-bond donors (Lipinski definition) is 3. The van der Waals surface area contributed by atoms with Crippen LogP contribution in [0.15, 0.2) is 66.0 Å². The zero-order chi connectivity index (χ0) is 19.4. The number of hydrogen-bond acceptors (Lipinski definition) is 5. The quantitative estimate of drug-likeness (QED) is 0.578. The third-order valence-electron chi connectivity index (χ3n) is 4.27. The van der Waals surface area contributed by atoms with E-state index in [1.807, 2.05) is 43.6 Å². The van der Waals surface area contributed by atoms with Gasteiger partial charge in [0.1, 0.15) is 0 Å². The lowest BCUT2D eigenvalue weighted by atomic mass is 10.1. The van der Waals surface area contributed by atoms with Crippen LogP contribution >= 0.6 is 0 Å². The van der Waals surface area contributed by atoms with E-state index in [-0.39, 0.29) is 17.5 Å². The van der Waals surface area contributed by atoms with E-state index in [1.54, 1.807) is 23.0 Å². The lowest BCUT2D eigenvalue weighted by Gasteiger charge is -2.20.